The van der Waals surface area contributed by atoms with Gasteiger partial charge in [-0.15, -0.1) is 11.3 Å². The van der Waals surface area contributed by atoms with Crippen LogP contribution in [0.1, 0.15) is 22.0 Å². The van der Waals surface area contributed by atoms with Crippen LogP contribution < -0.4 is 4.74 Å². The van der Waals surface area contributed by atoms with E-state index < -0.39 is 17.7 Å². The van der Waals surface area contributed by atoms with Crippen molar-refractivity contribution in [1.82, 2.24) is 4.90 Å². The van der Waals surface area contributed by atoms with E-state index in [2.05, 4.69) is 0 Å². The summed E-state index contributed by atoms with van der Waals surface area (Å²) < 4.78 is 5.15. The number of Topliss-reactive ketones (excluding diaryl/α,β-unsaturated/α-hetero) is 1. The van der Waals surface area contributed by atoms with E-state index in [0.717, 1.165) is 10.4 Å². The number of thiophene rings is 1. The summed E-state index contributed by atoms with van der Waals surface area (Å²) >= 11 is 1.45. The zero-order valence-electron chi connectivity index (χ0n) is 15.7. The van der Waals surface area contributed by atoms with Crippen LogP contribution in [0.25, 0.3) is 5.76 Å². The Morgan fingerprint density at radius 3 is 2.38 bits per heavy atom. The number of likely N-dealkylation sites (tertiary alicyclic amines) is 1. The first-order chi connectivity index (χ1) is 14.1. The van der Waals surface area contributed by atoms with Gasteiger partial charge in [-0.25, -0.2) is 0 Å². The van der Waals surface area contributed by atoms with Crippen LogP contribution in [0.2, 0.25) is 0 Å². The molecule has 0 radical (unpaired) electrons. The van der Waals surface area contributed by atoms with Gasteiger partial charge in [0, 0.05) is 17.0 Å². The van der Waals surface area contributed by atoms with E-state index in [0.29, 0.717) is 11.3 Å². The van der Waals surface area contributed by atoms with Gasteiger partial charge in [-0.1, -0.05) is 36.4 Å². The number of methoxy groups -OCH3 is 1. The molecule has 1 unspecified atom stereocenters. The van der Waals surface area contributed by atoms with Gasteiger partial charge >= 0.3 is 0 Å². The maximum atomic E-state index is 12.9. The third-order valence-electron chi connectivity index (χ3n) is 4.91. The van der Waals surface area contributed by atoms with Crippen molar-refractivity contribution in [3.8, 4) is 5.75 Å². The Morgan fingerprint density at radius 2 is 1.76 bits per heavy atom. The second-order valence-corrected chi connectivity index (χ2v) is 7.64. The van der Waals surface area contributed by atoms with Crippen LogP contribution >= 0.6 is 11.3 Å². The van der Waals surface area contributed by atoms with Crippen LogP contribution in [0.5, 0.6) is 5.75 Å². The van der Waals surface area contributed by atoms with Gasteiger partial charge in [-0.2, -0.15) is 0 Å². The minimum atomic E-state index is -0.673. The van der Waals surface area contributed by atoms with Gasteiger partial charge in [-0.05, 0) is 41.3 Å². The second kappa shape index (κ2) is 7.93. The Hall–Kier alpha value is -3.38. The summed E-state index contributed by atoms with van der Waals surface area (Å²) in [6, 6.07) is 19.4. The predicted molar refractivity (Wildman–Crippen MR) is 112 cm³/mol. The van der Waals surface area contributed by atoms with Crippen molar-refractivity contribution >= 4 is 28.8 Å². The molecule has 0 aliphatic carbocycles. The summed E-state index contributed by atoms with van der Waals surface area (Å²) in [7, 11) is 1.56. The highest BCUT2D eigenvalue weighted by Gasteiger charge is 2.46. The predicted octanol–water partition coefficient (Wildman–Crippen LogP) is 4.38. The molecule has 1 fully saturated rings. The Bertz CT molecular complexity index is 1060. The average molecular weight is 405 g/mol. The number of carbonyl (C=O) groups is 2. The van der Waals surface area contributed by atoms with Gasteiger partial charge in [0.15, 0.2) is 0 Å². The van der Waals surface area contributed by atoms with Crippen molar-refractivity contribution in [1.29, 1.82) is 0 Å². The minimum absolute atomic E-state index is 0.110. The topological polar surface area (TPSA) is 66.8 Å². The van der Waals surface area contributed by atoms with E-state index in [1.807, 2.05) is 47.8 Å². The molecule has 1 aliphatic rings. The highest BCUT2D eigenvalue weighted by Crippen LogP contribution is 2.41. The number of carbonyl (C=O) groups excluding carboxylic acids is 2. The van der Waals surface area contributed by atoms with Crippen molar-refractivity contribution in [3.63, 3.8) is 0 Å². The summed E-state index contributed by atoms with van der Waals surface area (Å²) in [6.07, 6.45) is 0. The fourth-order valence-corrected chi connectivity index (χ4v) is 4.32. The summed E-state index contributed by atoms with van der Waals surface area (Å²) in [5.41, 5.74) is 1.49. The highest BCUT2D eigenvalue weighted by atomic mass is 32.1. The molecule has 0 bridgehead atoms. The van der Waals surface area contributed by atoms with Crippen LogP contribution in [-0.4, -0.2) is 28.8 Å². The molecule has 5 nitrogen and oxygen atoms in total. The number of rotatable bonds is 5. The van der Waals surface area contributed by atoms with Gasteiger partial charge in [-0.3, -0.25) is 9.59 Å². The first kappa shape index (κ1) is 19.0. The number of ketones is 1. The zero-order chi connectivity index (χ0) is 20.4. The lowest BCUT2D eigenvalue weighted by Gasteiger charge is -2.24. The molecular formula is C23H19NO4S. The molecule has 1 N–H and O–H groups in total. The third kappa shape index (κ3) is 3.54. The lowest BCUT2D eigenvalue weighted by Crippen LogP contribution is -2.28. The normalized spacial score (nSPS) is 18.2. The summed E-state index contributed by atoms with van der Waals surface area (Å²) in [5, 5.41) is 12.9. The van der Waals surface area contributed by atoms with E-state index >= 15 is 0 Å². The fourth-order valence-electron chi connectivity index (χ4n) is 3.47. The first-order valence-electron chi connectivity index (χ1n) is 9.10. The summed E-state index contributed by atoms with van der Waals surface area (Å²) in [5.74, 6) is -0.823. The highest BCUT2D eigenvalue weighted by molar-refractivity contribution is 7.10. The Kier molecular flexibility index (Phi) is 5.18. The Labute approximate surface area is 172 Å². The van der Waals surface area contributed by atoms with E-state index in [-0.39, 0.29) is 17.9 Å². The Morgan fingerprint density at radius 1 is 1.03 bits per heavy atom. The quantitative estimate of drug-likeness (QED) is 0.389. The standard InChI is InChI=1S/C23H19NO4S/c1-28-17-11-9-16(10-12-17)21(25)19-20(18-8-5-13-29-18)24(23(27)22(19)26)14-15-6-3-2-4-7-15/h2-13,20,25H,14H2,1H3/b21-19+. The van der Waals surface area contributed by atoms with Crippen molar-refractivity contribution in [2.75, 3.05) is 7.11 Å². The van der Waals surface area contributed by atoms with E-state index in [1.165, 1.54) is 16.2 Å². The average Bonchev–Trinajstić information content (AvgIpc) is 3.37. The van der Waals surface area contributed by atoms with E-state index in [1.54, 1.807) is 31.4 Å². The molecule has 3 aromatic rings. The van der Waals surface area contributed by atoms with Crippen molar-refractivity contribution in [2.24, 2.45) is 0 Å². The molecule has 4 rings (SSSR count). The maximum Gasteiger partial charge on any atom is 0.295 e. The third-order valence-corrected chi connectivity index (χ3v) is 5.84. The van der Waals surface area contributed by atoms with E-state index in [9.17, 15) is 14.7 Å². The number of aliphatic hydroxyl groups excluding tert-OH is 1. The molecule has 146 valence electrons. The molecule has 6 heteroatoms. The number of amides is 1. The maximum absolute atomic E-state index is 12.9. The largest absolute Gasteiger partial charge is 0.507 e. The van der Waals surface area contributed by atoms with Gasteiger partial charge in [0.05, 0.1) is 18.7 Å². The van der Waals surface area contributed by atoms with Gasteiger partial charge in [0.25, 0.3) is 11.7 Å². The van der Waals surface area contributed by atoms with Crippen LogP contribution in [0.15, 0.2) is 77.7 Å². The number of hydrogen-bond acceptors (Lipinski definition) is 5. The monoisotopic (exact) mass is 405 g/mol. The van der Waals surface area contributed by atoms with Crippen LogP contribution in [0.4, 0.5) is 0 Å². The second-order valence-electron chi connectivity index (χ2n) is 6.66. The molecule has 2 heterocycles. The fraction of sp³-hybridized carbons (Fsp3) is 0.130. The van der Waals surface area contributed by atoms with E-state index in [4.69, 9.17) is 4.74 Å². The molecular weight excluding hydrogens is 386 g/mol. The summed E-state index contributed by atoms with van der Waals surface area (Å²) in [4.78, 5) is 28.2. The van der Waals surface area contributed by atoms with Crippen molar-refractivity contribution in [2.45, 2.75) is 12.6 Å². The molecule has 29 heavy (non-hydrogen) atoms. The molecule has 0 saturated carbocycles. The number of aliphatic hydroxyl groups is 1. The van der Waals surface area contributed by atoms with Crippen molar-refractivity contribution in [3.05, 3.63) is 93.7 Å². The first-order valence-corrected chi connectivity index (χ1v) is 9.98. The van der Waals surface area contributed by atoms with Gasteiger partial charge in [0.1, 0.15) is 11.5 Å². The number of benzene rings is 2. The lowest BCUT2D eigenvalue weighted by atomic mass is 9.99. The molecule has 1 atom stereocenters. The minimum Gasteiger partial charge on any atom is -0.507 e. The number of nitrogens with zero attached hydrogens (tertiary/aromatic N) is 1. The summed E-state index contributed by atoms with van der Waals surface area (Å²) in [6.45, 7) is 0.285. The SMILES string of the molecule is COc1ccc(/C(O)=C2\C(=O)C(=O)N(Cc3ccccc3)C2c2cccs2)cc1. The molecule has 0 spiro atoms. The van der Waals surface area contributed by atoms with Gasteiger partial charge < -0.3 is 14.7 Å². The molecule has 1 aromatic heterocycles. The number of ether oxygens (including phenoxy) is 1. The Balaban J connectivity index is 1.81. The molecule has 2 aromatic carbocycles. The van der Waals surface area contributed by atoms with Crippen LogP contribution in [-0.2, 0) is 16.1 Å². The molecule has 1 saturated heterocycles. The van der Waals surface area contributed by atoms with Crippen LogP contribution in [0.3, 0.4) is 0 Å². The lowest BCUT2D eigenvalue weighted by molar-refractivity contribution is -0.140. The zero-order valence-corrected chi connectivity index (χ0v) is 16.6. The smallest absolute Gasteiger partial charge is 0.295 e. The molecule has 1 aliphatic heterocycles. The van der Waals surface area contributed by atoms with Crippen molar-refractivity contribution < 1.29 is 19.4 Å². The van der Waals surface area contributed by atoms with Gasteiger partial charge in [0.2, 0.25) is 0 Å². The van der Waals surface area contributed by atoms with Crippen LogP contribution in [0, 0.1) is 0 Å². The molecule has 1 amide bonds. The number of hydrogen-bond donors (Lipinski definition) is 1.